The first kappa shape index (κ1) is 11.8. The van der Waals surface area contributed by atoms with Gasteiger partial charge in [0.05, 0.1) is 0 Å². The number of carboxylic acid groups (broad SMARTS) is 1. The monoisotopic (exact) mass is 220 g/mol. The first-order chi connectivity index (χ1) is 7.50. The Morgan fingerprint density at radius 3 is 2.69 bits per heavy atom. The van der Waals surface area contributed by atoms with Crippen LogP contribution >= 0.6 is 0 Å². The van der Waals surface area contributed by atoms with E-state index < -0.39 is 11.9 Å². The molecule has 0 aromatic heterocycles. The Bertz CT molecular complexity index is 441. The summed E-state index contributed by atoms with van der Waals surface area (Å²) in [5.41, 5.74) is 6.14. The van der Waals surface area contributed by atoms with Gasteiger partial charge in [-0.2, -0.15) is 0 Å². The van der Waals surface area contributed by atoms with Crippen LogP contribution in [0.2, 0.25) is 0 Å². The molecule has 1 aromatic rings. The van der Waals surface area contributed by atoms with Crippen LogP contribution in [0.3, 0.4) is 0 Å². The van der Waals surface area contributed by atoms with Gasteiger partial charge in [0.1, 0.15) is 0 Å². The van der Waals surface area contributed by atoms with Gasteiger partial charge in [-0.15, -0.1) is 0 Å². The number of carbonyl (C=O) groups is 2. The third kappa shape index (κ3) is 3.13. The van der Waals surface area contributed by atoms with Gasteiger partial charge in [-0.25, -0.2) is 4.79 Å². The molecule has 1 amide bonds. The van der Waals surface area contributed by atoms with Crippen molar-refractivity contribution in [3.63, 3.8) is 0 Å². The number of aliphatic carboxylic acids is 1. The molecule has 0 unspecified atom stereocenters. The lowest BCUT2D eigenvalue weighted by atomic mass is 10.2. The second kappa shape index (κ2) is 4.97. The number of hydrogen-bond donors (Lipinski definition) is 3. The van der Waals surface area contributed by atoms with E-state index in [1.54, 1.807) is 24.3 Å². The van der Waals surface area contributed by atoms with E-state index in [1.165, 1.54) is 0 Å². The minimum atomic E-state index is -1.06. The van der Waals surface area contributed by atoms with Crippen LogP contribution in [-0.4, -0.2) is 23.5 Å². The van der Waals surface area contributed by atoms with E-state index in [9.17, 15) is 9.59 Å². The standard InChI is InChI=1S/C11H12N2O3/c1-7(11(15)16)6-13-9-4-2-3-8(5-9)10(12)14/h2-5,13H,1,6H2,(H2,12,14)(H,15,16). The summed E-state index contributed by atoms with van der Waals surface area (Å²) in [6.45, 7) is 3.48. The molecule has 0 saturated carbocycles. The maximum absolute atomic E-state index is 10.9. The first-order valence-electron chi connectivity index (χ1n) is 4.55. The van der Waals surface area contributed by atoms with Crippen LogP contribution in [0.4, 0.5) is 5.69 Å². The van der Waals surface area contributed by atoms with Gasteiger partial charge >= 0.3 is 5.97 Å². The molecule has 0 saturated heterocycles. The van der Waals surface area contributed by atoms with E-state index in [0.717, 1.165) is 0 Å². The third-order valence-electron chi connectivity index (χ3n) is 1.96. The molecule has 0 radical (unpaired) electrons. The zero-order chi connectivity index (χ0) is 12.1. The SMILES string of the molecule is C=C(CNc1cccc(C(N)=O)c1)C(=O)O. The van der Waals surface area contributed by atoms with Crippen molar-refractivity contribution in [3.8, 4) is 0 Å². The Labute approximate surface area is 92.6 Å². The highest BCUT2D eigenvalue weighted by atomic mass is 16.4. The smallest absolute Gasteiger partial charge is 0.332 e. The van der Waals surface area contributed by atoms with Crippen molar-refractivity contribution in [2.45, 2.75) is 0 Å². The summed E-state index contributed by atoms with van der Waals surface area (Å²) >= 11 is 0. The van der Waals surface area contributed by atoms with Crippen LogP contribution < -0.4 is 11.1 Å². The van der Waals surface area contributed by atoms with Gasteiger partial charge in [0.2, 0.25) is 5.91 Å². The molecule has 16 heavy (non-hydrogen) atoms. The lowest BCUT2D eigenvalue weighted by Gasteiger charge is -2.06. The summed E-state index contributed by atoms with van der Waals surface area (Å²) in [4.78, 5) is 21.4. The number of anilines is 1. The molecule has 0 fully saturated rings. The van der Waals surface area contributed by atoms with Crippen LogP contribution in [0.15, 0.2) is 36.4 Å². The second-order valence-corrected chi connectivity index (χ2v) is 3.21. The number of carboxylic acids is 1. The molecule has 0 aliphatic rings. The number of rotatable bonds is 5. The number of primary amides is 1. The fourth-order valence-corrected chi connectivity index (χ4v) is 1.07. The summed E-state index contributed by atoms with van der Waals surface area (Å²) < 4.78 is 0. The highest BCUT2D eigenvalue weighted by Crippen LogP contribution is 2.10. The van der Waals surface area contributed by atoms with Gasteiger partial charge in [0, 0.05) is 23.4 Å². The van der Waals surface area contributed by atoms with Gasteiger partial charge in [0.15, 0.2) is 0 Å². The highest BCUT2D eigenvalue weighted by molar-refractivity contribution is 5.93. The summed E-state index contributed by atoms with van der Waals surface area (Å²) in [5, 5.41) is 11.4. The van der Waals surface area contributed by atoms with E-state index >= 15 is 0 Å². The Morgan fingerprint density at radius 2 is 2.12 bits per heavy atom. The van der Waals surface area contributed by atoms with E-state index in [-0.39, 0.29) is 12.1 Å². The van der Waals surface area contributed by atoms with Crippen LogP contribution in [0.1, 0.15) is 10.4 Å². The molecule has 84 valence electrons. The van der Waals surface area contributed by atoms with Crippen molar-refractivity contribution in [3.05, 3.63) is 42.0 Å². The number of carbonyl (C=O) groups excluding carboxylic acids is 1. The molecule has 0 aliphatic carbocycles. The summed E-state index contributed by atoms with van der Waals surface area (Å²) in [7, 11) is 0. The minimum Gasteiger partial charge on any atom is -0.478 e. The van der Waals surface area contributed by atoms with Crippen molar-refractivity contribution in [2.75, 3.05) is 11.9 Å². The Hall–Kier alpha value is -2.30. The average molecular weight is 220 g/mol. The van der Waals surface area contributed by atoms with Crippen molar-refractivity contribution in [1.82, 2.24) is 0 Å². The molecule has 0 bridgehead atoms. The van der Waals surface area contributed by atoms with E-state index in [0.29, 0.717) is 11.3 Å². The number of amides is 1. The van der Waals surface area contributed by atoms with Gasteiger partial charge in [-0.1, -0.05) is 12.6 Å². The molecule has 1 aromatic carbocycles. The van der Waals surface area contributed by atoms with Crippen molar-refractivity contribution >= 4 is 17.6 Å². The molecule has 0 spiro atoms. The molecule has 0 heterocycles. The number of nitrogens with one attached hydrogen (secondary N) is 1. The largest absolute Gasteiger partial charge is 0.478 e. The Morgan fingerprint density at radius 1 is 1.44 bits per heavy atom. The molecule has 4 N–H and O–H groups in total. The molecule has 0 aliphatic heterocycles. The zero-order valence-electron chi connectivity index (χ0n) is 8.56. The van der Waals surface area contributed by atoms with Gasteiger partial charge in [-0.05, 0) is 18.2 Å². The average Bonchev–Trinajstić information content (AvgIpc) is 2.26. The molecule has 5 heteroatoms. The fraction of sp³-hybridized carbons (Fsp3) is 0.0909. The van der Waals surface area contributed by atoms with E-state index in [1.807, 2.05) is 0 Å². The van der Waals surface area contributed by atoms with Crippen LogP contribution in [0.25, 0.3) is 0 Å². The second-order valence-electron chi connectivity index (χ2n) is 3.21. The normalized spacial score (nSPS) is 9.50. The van der Waals surface area contributed by atoms with Crippen LogP contribution in [-0.2, 0) is 4.79 Å². The van der Waals surface area contributed by atoms with Crippen molar-refractivity contribution in [1.29, 1.82) is 0 Å². The number of benzene rings is 1. The molecular formula is C11H12N2O3. The predicted octanol–water partition coefficient (Wildman–Crippen LogP) is 0.838. The molecular weight excluding hydrogens is 208 g/mol. The quantitative estimate of drug-likeness (QED) is 0.641. The number of hydrogen-bond acceptors (Lipinski definition) is 3. The van der Waals surface area contributed by atoms with E-state index in [2.05, 4.69) is 11.9 Å². The summed E-state index contributed by atoms with van der Waals surface area (Å²) in [5.74, 6) is -1.58. The maximum Gasteiger partial charge on any atom is 0.332 e. The summed E-state index contributed by atoms with van der Waals surface area (Å²) in [6.07, 6.45) is 0. The molecule has 5 nitrogen and oxygen atoms in total. The fourth-order valence-electron chi connectivity index (χ4n) is 1.07. The van der Waals surface area contributed by atoms with Gasteiger partial charge in [-0.3, -0.25) is 4.79 Å². The lowest BCUT2D eigenvalue weighted by Crippen LogP contribution is -2.13. The third-order valence-corrected chi connectivity index (χ3v) is 1.96. The van der Waals surface area contributed by atoms with Crippen LogP contribution in [0.5, 0.6) is 0 Å². The topological polar surface area (TPSA) is 92.4 Å². The Balaban J connectivity index is 2.68. The molecule has 0 atom stereocenters. The Kier molecular flexibility index (Phi) is 3.66. The first-order valence-corrected chi connectivity index (χ1v) is 4.55. The summed E-state index contributed by atoms with van der Waals surface area (Å²) in [6, 6.07) is 6.50. The van der Waals surface area contributed by atoms with Crippen molar-refractivity contribution < 1.29 is 14.7 Å². The van der Waals surface area contributed by atoms with Crippen LogP contribution in [0, 0.1) is 0 Å². The van der Waals surface area contributed by atoms with Gasteiger partial charge < -0.3 is 16.2 Å². The minimum absolute atomic E-state index is 0.0458. The number of nitrogens with two attached hydrogens (primary N) is 1. The lowest BCUT2D eigenvalue weighted by molar-refractivity contribution is -0.132. The van der Waals surface area contributed by atoms with Crippen molar-refractivity contribution in [2.24, 2.45) is 5.73 Å². The van der Waals surface area contributed by atoms with Gasteiger partial charge in [0.25, 0.3) is 0 Å². The maximum atomic E-state index is 10.9. The van der Waals surface area contributed by atoms with E-state index in [4.69, 9.17) is 10.8 Å². The predicted molar refractivity (Wildman–Crippen MR) is 60.2 cm³/mol. The molecule has 1 rings (SSSR count). The highest BCUT2D eigenvalue weighted by Gasteiger charge is 2.04. The zero-order valence-corrected chi connectivity index (χ0v) is 8.56.